The number of anilines is 1. The molecule has 0 spiro atoms. The highest BCUT2D eigenvalue weighted by Gasteiger charge is 2.24. The maximum absolute atomic E-state index is 6.17. The number of nitrogens with two attached hydrogens (primary N) is 1. The molecular formula is C17H19N5. The Morgan fingerprint density at radius 1 is 1.18 bits per heavy atom. The molecule has 5 nitrogen and oxygen atoms in total. The fourth-order valence-corrected chi connectivity index (χ4v) is 3.53. The van der Waals surface area contributed by atoms with E-state index in [1.165, 1.54) is 37.6 Å². The molecule has 1 aliphatic rings. The first kappa shape index (κ1) is 13.2. The first-order valence-electron chi connectivity index (χ1n) is 7.77. The van der Waals surface area contributed by atoms with Crippen molar-refractivity contribution in [3.8, 4) is 5.69 Å². The first-order valence-corrected chi connectivity index (χ1v) is 7.77. The smallest absolute Gasteiger partial charge is 0.150 e. The van der Waals surface area contributed by atoms with Gasteiger partial charge in [0.05, 0.1) is 17.3 Å². The number of fused-ring (bicyclic) bond motifs is 1. The highest BCUT2D eigenvalue weighted by atomic mass is 15.1. The average Bonchev–Trinajstić information content (AvgIpc) is 3.15. The van der Waals surface area contributed by atoms with Gasteiger partial charge in [-0.3, -0.25) is 9.55 Å². The quantitative estimate of drug-likeness (QED) is 0.786. The molecule has 2 N–H and O–H groups in total. The average molecular weight is 293 g/mol. The normalized spacial score (nSPS) is 15.7. The summed E-state index contributed by atoms with van der Waals surface area (Å²) in [5.74, 6) is 1.14. The van der Waals surface area contributed by atoms with Crippen LogP contribution in [0.25, 0.3) is 16.7 Å². The number of aromatic nitrogens is 4. The van der Waals surface area contributed by atoms with E-state index in [4.69, 9.17) is 5.73 Å². The first-order chi connectivity index (χ1) is 10.7. The van der Waals surface area contributed by atoms with Gasteiger partial charge in [-0.15, -0.1) is 0 Å². The van der Waals surface area contributed by atoms with Crippen LogP contribution in [0.2, 0.25) is 0 Å². The van der Waals surface area contributed by atoms with E-state index < -0.39 is 0 Å². The van der Waals surface area contributed by atoms with Crippen molar-refractivity contribution >= 4 is 16.9 Å². The summed E-state index contributed by atoms with van der Waals surface area (Å²) in [7, 11) is 0. The van der Waals surface area contributed by atoms with E-state index in [9.17, 15) is 0 Å². The van der Waals surface area contributed by atoms with Gasteiger partial charge in [0.2, 0.25) is 0 Å². The van der Waals surface area contributed by atoms with Crippen LogP contribution in [-0.4, -0.2) is 19.5 Å². The minimum Gasteiger partial charge on any atom is -0.383 e. The maximum atomic E-state index is 6.17. The lowest BCUT2D eigenvalue weighted by Gasteiger charge is -2.07. The molecule has 22 heavy (non-hydrogen) atoms. The zero-order valence-corrected chi connectivity index (χ0v) is 12.7. The van der Waals surface area contributed by atoms with E-state index in [-0.39, 0.29) is 0 Å². The fraction of sp³-hybridized carbons (Fsp3) is 0.353. The Morgan fingerprint density at radius 3 is 2.77 bits per heavy atom. The molecule has 112 valence electrons. The lowest BCUT2D eigenvalue weighted by atomic mass is 9.98. The van der Waals surface area contributed by atoms with Crippen molar-refractivity contribution < 1.29 is 0 Å². The lowest BCUT2D eigenvalue weighted by molar-refractivity contribution is 0.727. The van der Waals surface area contributed by atoms with Gasteiger partial charge in [-0.1, -0.05) is 12.8 Å². The zero-order chi connectivity index (χ0) is 15.1. The van der Waals surface area contributed by atoms with E-state index >= 15 is 0 Å². The molecule has 0 amide bonds. The summed E-state index contributed by atoms with van der Waals surface area (Å²) < 4.78 is 2.10. The molecular weight excluding hydrogens is 274 g/mol. The second-order valence-electron chi connectivity index (χ2n) is 6.11. The third-order valence-electron chi connectivity index (χ3n) is 4.58. The Hall–Kier alpha value is -2.43. The number of aryl methyl sites for hydroxylation is 1. The Bertz CT molecular complexity index is 830. The number of hydrogen-bond donors (Lipinski definition) is 1. The molecule has 0 unspecified atom stereocenters. The Labute approximate surface area is 129 Å². The van der Waals surface area contributed by atoms with Gasteiger partial charge >= 0.3 is 0 Å². The molecule has 0 aliphatic heterocycles. The molecule has 1 aliphatic carbocycles. The maximum Gasteiger partial charge on any atom is 0.150 e. The molecule has 4 rings (SSSR count). The predicted octanol–water partition coefficient (Wildman–Crippen LogP) is 3.36. The van der Waals surface area contributed by atoms with Crippen molar-refractivity contribution in [2.75, 3.05) is 5.73 Å². The van der Waals surface area contributed by atoms with Crippen LogP contribution in [0.4, 0.5) is 5.82 Å². The molecule has 0 saturated heterocycles. The number of nitrogens with zero attached hydrogens (tertiary/aromatic N) is 4. The van der Waals surface area contributed by atoms with E-state index in [2.05, 4.69) is 31.8 Å². The number of rotatable bonds is 2. The minimum absolute atomic E-state index is 0.565. The van der Waals surface area contributed by atoms with Crippen LogP contribution < -0.4 is 5.73 Å². The molecule has 3 heterocycles. The van der Waals surface area contributed by atoms with E-state index in [0.29, 0.717) is 11.7 Å². The van der Waals surface area contributed by atoms with Crippen molar-refractivity contribution in [3.63, 3.8) is 0 Å². The topological polar surface area (TPSA) is 69.6 Å². The van der Waals surface area contributed by atoms with Gasteiger partial charge in [0.25, 0.3) is 0 Å². The molecule has 0 bridgehead atoms. The van der Waals surface area contributed by atoms with Crippen LogP contribution in [0.3, 0.4) is 0 Å². The van der Waals surface area contributed by atoms with Crippen LogP contribution >= 0.6 is 0 Å². The number of nitrogen functional groups attached to an aromatic ring is 1. The van der Waals surface area contributed by atoms with Gasteiger partial charge in [0.1, 0.15) is 17.8 Å². The van der Waals surface area contributed by atoms with Gasteiger partial charge in [-0.05, 0) is 42.9 Å². The summed E-state index contributed by atoms with van der Waals surface area (Å²) >= 11 is 0. The Balaban J connectivity index is 1.97. The third kappa shape index (κ3) is 2.04. The van der Waals surface area contributed by atoms with Gasteiger partial charge in [0, 0.05) is 12.4 Å². The molecule has 3 aromatic heterocycles. The standard InChI is InChI=1S/C17H19N5/c1-11-6-13(8-19-7-11)22-9-14(12-4-2-3-5-12)15-16(18)20-10-21-17(15)22/h6-10,12H,2-5H2,1H3,(H2,18,20,21). The van der Waals surface area contributed by atoms with Crippen molar-refractivity contribution in [2.45, 2.75) is 38.5 Å². The third-order valence-corrected chi connectivity index (χ3v) is 4.58. The highest BCUT2D eigenvalue weighted by molar-refractivity contribution is 5.91. The molecule has 0 atom stereocenters. The van der Waals surface area contributed by atoms with Gasteiger partial charge in [-0.25, -0.2) is 9.97 Å². The molecule has 5 heteroatoms. The van der Waals surface area contributed by atoms with Crippen LogP contribution in [0, 0.1) is 6.92 Å². The van der Waals surface area contributed by atoms with E-state index in [1.54, 1.807) is 0 Å². The van der Waals surface area contributed by atoms with Crippen LogP contribution in [0.15, 0.2) is 31.0 Å². The van der Waals surface area contributed by atoms with Crippen molar-refractivity contribution in [2.24, 2.45) is 0 Å². The largest absolute Gasteiger partial charge is 0.383 e. The summed E-state index contributed by atoms with van der Waals surface area (Å²) in [6.45, 7) is 2.05. The minimum atomic E-state index is 0.565. The molecule has 0 aromatic carbocycles. The van der Waals surface area contributed by atoms with Gasteiger partial charge in [-0.2, -0.15) is 0 Å². The Morgan fingerprint density at radius 2 is 2.00 bits per heavy atom. The molecule has 3 aromatic rings. The van der Waals surface area contributed by atoms with E-state index in [1.807, 2.05) is 19.3 Å². The van der Waals surface area contributed by atoms with Crippen LogP contribution in [-0.2, 0) is 0 Å². The Kier molecular flexibility index (Phi) is 3.06. The van der Waals surface area contributed by atoms with Gasteiger partial charge in [0.15, 0.2) is 0 Å². The summed E-state index contributed by atoms with van der Waals surface area (Å²) in [4.78, 5) is 13.0. The lowest BCUT2D eigenvalue weighted by Crippen LogP contribution is -1.98. The molecule has 0 radical (unpaired) electrons. The molecule has 1 fully saturated rings. The van der Waals surface area contributed by atoms with Crippen LogP contribution in [0.1, 0.15) is 42.7 Å². The monoisotopic (exact) mass is 293 g/mol. The second-order valence-corrected chi connectivity index (χ2v) is 6.11. The summed E-state index contributed by atoms with van der Waals surface area (Å²) in [5, 5.41) is 1.01. The zero-order valence-electron chi connectivity index (χ0n) is 12.7. The summed E-state index contributed by atoms with van der Waals surface area (Å²) in [6.07, 6.45) is 12.5. The number of hydrogen-bond acceptors (Lipinski definition) is 4. The second kappa shape index (κ2) is 5.09. The number of pyridine rings is 1. The highest BCUT2D eigenvalue weighted by Crippen LogP contribution is 2.40. The molecule has 1 saturated carbocycles. The predicted molar refractivity (Wildman–Crippen MR) is 87.0 cm³/mol. The van der Waals surface area contributed by atoms with Crippen molar-refractivity contribution in [1.29, 1.82) is 0 Å². The summed E-state index contributed by atoms with van der Waals surface area (Å²) in [5.41, 5.74) is 10.5. The van der Waals surface area contributed by atoms with Crippen molar-refractivity contribution in [3.05, 3.63) is 42.1 Å². The SMILES string of the molecule is Cc1cncc(-n2cc(C3CCCC3)c3c(N)ncnc32)c1. The van der Waals surface area contributed by atoms with E-state index in [0.717, 1.165) is 22.3 Å². The van der Waals surface area contributed by atoms with Gasteiger partial charge < -0.3 is 5.73 Å². The summed E-state index contributed by atoms with van der Waals surface area (Å²) in [6, 6.07) is 2.11. The van der Waals surface area contributed by atoms with Crippen molar-refractivity contribution in [1.82, 2.24) is 19.5 Å². The van der Waals surface area contributed by atoms with Crippen LogP contribution in [0.5, 0.6) is 0 Å². The fourth-order valence-electron chi connectivity index (χ4n) is 3.53.